The van der Waals surface area contributed by atoms with E-state index in [0.29, 0.717) is 5.41 Å². The molecule has 0 aromatic rings. The van der Waals surface area contributed by atoms with Crippen LogP contribution in [0.15, 0.2) is 0 Å². The van der Waals surface area contributed by atoms with E-state index >= 15 is 0 Å². The van der Waals surface area contributed by atoms with Crippen LogP contribution in [-0.4, -0.2) is 13.1 Å². The quantitative estimate of drug-likeness (QED) is 0.681. The predicted octanol–water partition coefficient (Wildman–Crippen LogP) is 4.76. The van der Waals surface area contributed by atoms with Gasteiger partial charge < -0.3 is 5.32 Å². The summed E-state index contributed by atoms with van der Waals surface area (Å²) in [6.45, 7) is 4.85. The summed E-state index contributed by atoms with van der Waals surface area (Å²) in [5, 5.41) is 3.79. The van der Waals surface area contributed by atoms with Gasteiger partial charge in [-0.1, -0.05) is 45.4 Å². The third kappa shape index (κ3) is 3.01. The zero-order valence-corrected chi connectivity index (χ0v) is 12.9. The molecule has 0 aromatic carbocycles. The molecule has 2 bridgehead atoms. The van der Waals surface area contributed by atoms with Gasteiger partial charge in [-0.15, -0.1) is 0 Å². The van der Waals surface area contributed by atoms with Gasteiger partial charge in [0.2, 0.25) is 0 Å². The van der Waals surface area contributed by atoms with E-state index in [1.165, 1.54) is 51.6 Å². The normalized spacial score (nSPS) is 39.0. The van der Waals surface area contributed by atoms with Gasteiger partial charge >= 0.3 is 0 Å². The Kier molecular flexibility index (Phi) is 4.51. The highest BCUT2D eigenvalue weighted by molar-refractivity contribution is 5.02. The molecule has 0 amide bonds. The van der Waals surface area contributed by atoms with Gasteiger partial charge in [0, 0.05) is 6.54 Å². The summed E-state index contributed by atoms with van der Waals surface area (Å²) in [6, 6.07) is 0. The molecule has 3 aliphatic rings. The second-order valence-corrected chi connectivity index (χ2v) is 7.83. The third-order valence-electron chi connectivity index (χ3n) is 6.43. The van der Waals surface area contributed by atoms with E-state index in [4.69, 9.17) is 0 Å². The fraction of sp³-hybridized carbons (Fsp3) is 1.00. The van der Waals surface area contributed by atoms with E-state index in [0.717, 1.165) is 17.8 Å². The molecular formula is C18H33N. The van der Waals surface area contributed by atoms with Crippen molar-refractivity contribution in [3.8, 4) is 0 Å². The first-order valence-electron chi connectivity index (χ1n) is 9.03. The van der Waals surface area contributed by atoms with E-state index < -0.39 is 0 Å². The highest BCUT2D eigenvalue weighted by Crippen LogP contribution is 2.59. The van der Waals surface area contributed by atoms with Gasteiger partial charge in [-0.2, -0.15) is 0 Å². The number of fused-ring (bicyclic) bond motifs is 2. The summed E-state index contributed by atoms with van der Waals surface area (Å²) in [5.74, 6) is 3.23. The SMILES string of the molecule is CCCNCC1(CC2CCCCC2)CC2CCC1C2. The summed E-state index contributed by atoms with van der Waals surface area (Å²) in [4.78, 5) is 0. The number of hydrogen-bond acceptors (Lipinski definition) is 1. The Hall–Kier alpha value is -0.0400. The third-order valence-corrected chi connectivity index (χ3v) is 6.43. The van der Waals surface area contributed by atoms with Crippen LogP contribution in [0, 0.1) is 23.2 Å². The molecule has 0 saturated heterocycles. The average Bonchev–Trinajstić information content (AvgIpc) is 3.01. The molecule has 0 aromatic heterocycles. The Morgan fingerprint density at radius 3 is 2.53 bits per heavy atom. The number of hydrogen-bond donors (Lipinski definition) is 1. The lowest BCUT2D eigenvalue weighted by molar-refractivity contribution is 0.103. The summed E-state index contributed by atoms with van der Waals surface area (Å²) < 4.78 is 0. The largest absolute Gasteiger partial charge is 0.316 e. The van der Waals surface area contributed by atoms with Gasteiger partial charge in [-0.25, -0.2) is 0 Å². The minimum absolute atomic E-state index is 0.708. The second-order valence-electron chi connectivity index (χ2n) is 7.83. The molecule has 3 saturated carbocycles. The van der Waals surface area contributed by atoms with Gasteiger partial charge in [-0.05, 0) is 61.8 Å². The Balaban J connectivity index is 1.62. The fourth-order valence-corrected chi connectivity index (χ4v) is 5.58. The molecule has 0 spiro atoms. The van der Waals surface area contributed by atoms with Crippen LogP contribution in [0.4, 0.5) is 0 Å². The standard InChI is InChI=1S/C18H33N/c1-2-10-19-14-18(12-15-6-4-3-5-7-15)13-16-8-9-17(18)11-16/h15-17,19H,2-14H2,1H3. The van der Waals surface area contributed by atoms with Crippen molar-refractivity contribution in [3.63, 3.8) is 0 Å². The summed E-state index contributed by atoms with van der Waals surface area (Å²) in [6.07, 6.45) is 16.7. The lowest BCUT2D eigenvalue weighted by Gasteiger charge is -2.41. The molecule has 3 aliphatic carbocycles. The van der Waals surface area contributed by atoms with Crippen molar-refractivity contribution in [2.24, 2.45) is 23.2 Å². The van der Waals surface area contributed by atoms with Crippen molar-refractivity contribution < 1.29 is 0 Å². The van der Waals surface area contributed by atoms with Crippen LogP contribution in [0.2, 0.25) is 0 Å². The van der Waals surface area contributed by atoms with Crippen LogP contribution in [0.1, 0.15) is 77.6 Å². The molecule has 3 rings (SSSR count). The van der Waals surface area contributed by atoms with Crippen LogP contribution in [0.3, 0.4) is 0 Å². The first-order valence-corrected chi connectivity index (χ1v) is 9.03. The van der Waals surface area contributed by atoms with Crippen molar-refractivity contribution in [1.82, 2.24) is 5.32 Å². The maximum Gasteiger partial charge on any atom is 0.00107 e. The second kappa shape index (κ2) is 6.16. The molecule has 3 fully saturated rings. The zero-order chi connectivity index (χ0) is 13.1. The first kappa shape index (κ1) is 13.9. The highest BCUT2D eigenvalue weighted by Gasteiger charge is 2.50. The Bertz CT molecular complexity index is 281. The molecule has 1 nitrogen and oxygen atoms in total. The van der Waals surface area contributed by atoms with Crippen LogP contribution < -0.4 is 5.32 Å². The maximum absolute atomic E-state index is 3.79. The molecule has 0 aliphatic heterocycles. The highest BCUT2D eigenvalue weighted by atomic mass is 14.9. The van der Waals surface area contributed by atoms with Crippen molar-refractivity contribution in [3.05, 3.63) is 0 Å². The van der Waals surface area contributed by atoms with Crippen molar-refractivity contribution >= 4 is 0 Å². The molecular weight excluding hydrogens is 230 g/mol. The van der Waals surface area contributed by atoms with Gasteiger partial charge in [0.1, 0.15) is 0 Å². The number of rotatable bonds is 6. The smallest absolute Gasteiger partial charge is 0.00107 e. The van der Waals surface area contributed by atoms with Crippen molar-refractivity contribution in [1.29, 1.82) is 0 Å². The van der Waals surface area contributed by atoms with Gasteiger partial charge in [0.25, 0.3) is 0 Å². The summed E-state index contributed by atoms with van der Waals surface area (Å²) >= 11 is 0. The first-order chi connectivity index (χ1) is 9.32. The minimum atomic E-state index is 0.708. The lowest BCUT2D eigenvalue weighted by atomic mass is 9.66. The summed E-state index contributed by atoms with van der Waals surface area (Å²) in [5.41, 5.74) is 0.708. The molecule has 0 heterocycles. The predicted molar refractivity (Wildman–Crippen MR) is 82.2 cm³/mol. The molecule has 0 radical (unpaired) electrons. The van der Waals surface area contributed by atoms with Crippen LogP contribution in [0.25, 0.3) is 0 Å². The van der Waals surface area contributed by atoms with Gasteiger partial charge in [0.05, 0.1) is 0 Å². The Labute approximate surface area is 119 Å². The van der Waals surface area contributed by atoms with Crippen LogP contribution >= 0.6 is 0 Å². The molecule has 3 atom stereocenters. The van der Waals surface area contributed by atoms with E-state index in [1.807, 2.05) is 0 Å². The van der Waals surface area contributed by atoms with Gasteiger partial charge in [-0.3, -0.25) is 0 Å². The lowest BCUT2D eigenvalue weighted by Crippen LogP contribution is -2.40. The Morgan fingerprint density at radius 1 is 1.05 bits per heavy atom. The van der Waals surface area contributed by atoms with Gasteiger partial charge in [0.15, 0.2) is 0 Å². The molecule has 3 unspecified atom stereocenters. The van der Waals surface area contributed by atoms with E-state index in [9.17, 15) is 0 Å². The van der Waals surface area contributed by atoms with Crippen molar-refractivity contribution in [2.45, 2.75) is 77.6 Å². The molecule has 1 heteroatoms. The maximum atomic E-state index is 3.79. The minimum Gasteiger partial charge on any atom is -0.316 e. The van der Waals surface area contributed by atoms with E-state index in [2.05, 4.69) is 12.2 Å². The number of nitrogens with one attached hydrogen (secondary N) is 1. The summed E-state index contributed by atoms with van der Waals surface area (Å²) in [7, 11) is 0. The van der Waals surface area contributed by atoms with Crippen LogP contribution in [0.5, 0.6) is 0 Å². The fourth-order valence-electron chi connectivity index (χ4n) is 5.58. The average molecular weight is 263 g/mol. The monoisotopic (exact) mass is 263 g/mol. The Morgan fingerprint density at radius 2 is 1.89 bits per heavy atom. The van der Waals surface area contributed by atoms with E-state index in [-0.39, 0.29) is 0 Å². The molecule has 110 valence electrons. The topological polar surface area (TPSA) is 12.0 Å². The van der Waals surface area contributed by atoms with E-state index in [1.54, 1.807) is 32.1 Å². The molecule has 1 N–H and O–H groups in total. The van der Waals surface area contributed by atoms with Crippen LogP contribution in [-0.2, 0) is 0 Å². The molecule has 19 heavy (non-hydrogen) atoms. The zero-order valence-electron chi connectivity index (χ0n) is 12.9. The van der Waals surface area contributed by atoms with Crippen molar-refractivity contribution in [2.75, 3.05) is 13.1 Å².